The third-order valence-electron chi connectivity index (χ3n) is 5.63. The van der Waals surface area contributed by atoms with Crippen molar-refractivity contribution < 1.29 is 24.3 Å². The maximum Gasteiger partial charge on any atom is 0.326 e. The number of rotatable bonds is 6. The lowest BCUT2D eigenvalue weighted by Gasteiger charge is -2.18. The maximum atomic E-state index is 12.7. The smallest absolute Gasteiger partial charge is 0.326 e. The van der Waals surface area contributed by atoms with Crippen molar-refractivity contribution in [1.29, 1.82) is 0 Å². The van der Waals surface area contributed by atoms with Gasteiger partial charge in [-0.1, -0.05) is 30.3 Å². The summed E-state index contributed by atoms with van der Waals surface area (Å²) in [7, 11) is 0. The molecule has 1 aliphatic heterocycles. The lowest BCUT2D eigenvalue weighted by molar-refractivity contribution is -0.139. The number of nitrogens with one attached hydrogen (secondary N) is 1. The summed E-state index contributed by atoms with van der Waals surface area (Å²) in [5.41, 5.74) is 3.52. The molecule has 1 aromatic heterocycles. The number of imide groups is 1. The molecule has 0 bridgehead atoms. The van der Waals surface area contributed by atoms with E-state index in [1.165, 1.54) is 18.5 Å². The molecular weight excluding hydrogens is 422 g/mol. The van der Waals surface area contributed by atoms with Crippen molar-refractivity contribution in [3.8, 4) is 0 Å². The van der Waals surface area contributed by atoms with Crippen LogP contribution >= 0.6 is 0 Å². The Hall–Kier alpha value is -4.33. The number of hydrogen-bond donors (Lipinski definition) is 2. The minimum Gasteiger partial charge on any atom is -0.480 e. The quantitative estimate of drug-likeness (QED) is 0.566. The van der Waals surface area contributed by atoms with Crippen LogP contribution in [0.3, 0.4) is 0 Å². The second-order valence-corrected chi connectivity index (χ2v) is 7.87. The number of carboxylic acids is 1. The zero-order chi connectivity index (χ0) is 23.7. The van der Waals surface area contributed by atoms with Gasteiger partial charge in [-0.05, 0) is 48.7 Å². The number of benzene rings is 2. The molecule has 1 atom stereocenters. The fourth-order valence-corrected chi connectivity index (χ4v) is 3.94. The summed E-state index contributed by atoms with van der Waals surface area (Å²) in [5, 5.41) is 12.2. The van der Waals surface area contributed by atoms with Crippen LogP contribution in [0.2, 0.25) is 0 Å². The highest BCUT2D eigenvalue weighted by Gasteiger charge is 2.36. The van der Waals surface area contributed by atoms with Gasteiger partial charge in [0.25, 0.3) is 17.7 Å². The van der Waals surface area contributed by atoms with Crippen LogP contribution in [0.5, 0.6) is 0 Å². The topological polar surface area (TPSA) is 117 Å². The van der Waals surface area contributed by atoms with Crippen molar-refractivity contribution in [1.82, 2.24) is 10.3 Å². The second kappa shape index (κ2) is 8.66. The normalized spacial score (nSPS) is 13.6. The predicted octanol–water partition coefficient (Wildman–Crippen LogP) is 2.92. The molecule has 4 rings (SSSR count). The van der Waals surface area contributed by atoms with E-state index >= 15 is 0 Å². The minimum atomic E-state index is -1.16. The number of hydrogen-bond acceptors (Lipinski definition) is 5. The Morgan fingerprint density at radius 2 is 1.61 bits per heavy atom. The number of carbonyl (C=O) groups excluding carboxylic acids is 3. The molecule has 2 N–H and O–H groups in total. The van der Waals surface area contributed by atoms with E-state index in [0.29, 0.717) is 22.4 Å². The Morgan fingerprint density at radius 1 is 0.970 bits per heavy atom. The number of carboxylic acid groups (broad SMARTS) is 1. The summed E-state index contributed by atoms with van der Waals surface area (Å²) >= 11 is 0. The first-order valence-electron chi connectivity index (χ1n) is 10.3. The van der Waals surface area contributed by atoms with Crippen LogP contribution in [-0.4, -0.2) is 39.8 Å². The average Bonchev–Trinajstić information content (AvgIpc) is 3.04. The molecule has 0 aliphatic carbocycles. The molecule has 2 aromatic carbocycles. The van der Waals surface area contributed by atoms with E-state index in [4.69, 9.17) is 0 Å². The molecule has 33 heavy (non-hydrogen) atoms. The second-order valence-electron chi connectivity index (χ2n) is 7.87. The van der Waals surface area contributed by atoms with Gasteiger partial charge in [-0.2, -0.15) is 0 Å². The number of fused-ring (bicyclic) bond motifs is 1. The first-order chi connectivity index (χ1) is 15.8. The standard InChI is InChI=1S/C25H21N3O5/c1-14-4-3-5-15(2)21(14)22(29)27-20(25(32)33)12-16-6-8-17(9-7-16)28-23(30)18-10-11-26-13-19(18)24(28)31/h3-11,13,20H,12H2,1-2H3,(H,27,29)(H,32,33)/t20-/m0/s1. The maximum absolute atomic E-state index is 12.7. The molecule has 8 heteroatoms. The molecule has 0 fully saturated rings. The molecular formula is C25H21N3O5. The molecule has 0 saturated heterocycles. The Bertz CT molecular complexity index is 1230. The summed E-state index contributed by atoms with van der Waals surface area (Å²) in [6, 6.07) is 12.2. The molecule has 2 heterocycles. The van der Waals surface area contributed by atoms with Gasteiger partial charge >= 0.3 is 5.97 Å². The van der Waals surface area contributed by atoms with Gasteiger partial charge in [0.1, 0.15) is 6.04 Å². The van der Waals surface area contributed by atoms with Crippen molar-refractivity contribution in [2.75, 3.05) is 4.90 Å². The summed E-state index contributed by atoms with van der Waals surface area (Å²) in [4.78, 5) is 54.7. The SMILES string of the molecule is Cc1cccc(C)c1C(=O)N[C@@H](Cc1ccc(N2C(=O)c3ccncc3C2=O)cc1)C(=O)O. The summed E-state index contributed by atoms with van der Waals surface area (Å²) in [5.74, 6) is -2.50. The Kier molecular flexibility index (Phi) is 5.74. The number of carbonyl (C=O) groups is 4. The third-order valence-corrected chi connectivity index (χ3v) is 5.63. The van der Waals surface area contributed by atoms with Crippen LogP contribution < -0.4 is 10.2 Å². The number of aliphatic carboxylic acids is 1. The van der Waals surface area contributed by atoms with Gasteiger partial charge in [-0.15, -0.1) is 0 Å². The molecule has 0 spiro atoms. The van der Waals surface area contributed by atoms with Gasteiger partial charge in [0.15, 0.2) is 0 Å². The van der Waals surface area contributed by atoms with Gasteiger partial charge < -0.3 is 10.4 Å². The molecule has 166 valence electrons. The van der Waals surface area contributed by atoms with Crippen molar-refractivity contribution >= 4 is 29.4 Å². The molecule has 3 aromatic rings. The zero-order valence-corrected chi connectivity index (χ0v) is 18.0. The van der Waals surface area contributed by atoms with Gasteiger partial charge in [-0.25, -0.2) is 9.69 Å². The first kappa shape index (κ1) is 21.9. The molecule has 3 amide bonds. The van der Waals surface area contributed by atoms with E-state index in [-0.39, 0.29) is 12.0 Å². The van der Waals surface area contributed by atoms with Gasteiger partial charge in [0.05, 0.1) is 16.8 Å². The van der Waals surface area contributed by atoms with Crippen molar-refractivity contribution in [3.05, 3.63) is 94.3 Å². The van der Waals surface area contributed by atoms with Crippen LogP contribution in [0.1, 0.15) is 47.8 Å². The van der Waals surface area contributed by atoms with Crippen molar-refractivity contribution in [2.45, 2.75) is 26.3 Å². The van der Waals surface area contributed by atoms with E-state index in [2.05, 4.69) is 10.3 Å². The van der Waals surface area contributed by atoms with E-state index in [1.54, 1.807) is 50.2 Å². The van der Waals surface area contributed by atoms with Crippen LogP contribution in [0, 0.1) is 13.8 Å². The molecule has 0 unspecified atom stereocenters. The number of anilines is 1. The largest absolute Gasteiger partial charge is 0.480 e. The fraction of sp³-hybridized carbons (Fsp3) is 0.160. The van der Waals surface area contributed by atoms with Crippen LogP contribution in [-0.2, 0) is 11.2 Å². The Morgan fingerprint density at radius 3 is 2.21 bits per heavy atom. The zero-order valence-electron chi connectivity index (χ0n) is 18.0. The summed E-state index contributed by atoms with van der Waals surface area (Å²) < 4.78 is 0. The lowest BCUT2D eigenvalue weighted by atomic mass is 10.0. The Balaban J connectivity index is 1.51. The lowest BCUT2D eigenvalue weighted by Crippen LogP contribution is -2.42. The highest BCUT2D eigenvalue weighted by Crippen LogP contribution is 2.28. The third kappa shape index (κ3) is 4.10. The highest BCUT2D eigenvalue weighted by molar-refractivity contribution is 6.34. The van der Waals surface area contributed by atoms with Crippen LogP contribution in [0.4, 0.5) is 5.69 Å². The number of aryl methyl sites for hydroxylation is 2. The minimum absolute atomic E-state index is 0.0400. The van der Waals surface area contributed by atoms with Crippen LogP contribution in [0.15, 0.2) is 60.9 Å². The molecule has 0 radical (unpaired) electrons. The number of aromatic nitrogens is 1. The van der Waals surface area contributed by atoms with Gasteiger partial charge in [0, 0.05) is 24.4 Å². The number of nitrogens with zero attached hydrogens (tertiary/aromatic N) is 2. The monoisotopic (exact) mass is 443 g/mol. The Labute approximate surface area is 189 Å². The van der Waals surface area contributed by atoms with Crippen LogP contribution in [0.25, 0.3) is 0 Å². The summed E-state index contributed by atoms with van der Waals surface area (Å²) in [6.45, 7) is 3.59. The average molecular weight is 443 g/mol. The summed E-state index contributed by atoms with van der Waals surface area (Å²) in [6.07, 6.45) is 2.86. The first-order valence-corrected chi connectivity index (χ1v) is 10.3. The van der Waals surface area contributed by atoms with E-state index < -0.39 is 29.7 Å². The van der Waals surface area contributed by atoms with E-state index in [1.807, 2.05) is 6.07 Å². The molecule has 1 aliphatic rings. The fourth-order valence-electron chi connectivity index (χ4n) is 3.94. The number of amides is 3. The molecule has 8 nitrogen and oxygen atoms in total. The molecule has 0 saturated carbocycles. The van der Waals surface area contributed by atoms with Crippen molar-refractivity contribution in [2.24, 2.45) is 0 Å². The highest BCUT2D eigenvalue weighted by atomic mass is 16.4. The van der Waals surface area contributed by atoms with E-state index in [9.17, 15) is 24.3 Å². The van der Waals surface area contributed by atoms with Crippen molar-refractivity contribution in [3.63, 3.8) is 0 Å². The number of pyridine rings is 1. The predicted molar refractivity (Wildman–Crippen MR) is 120 cm³/mol. The van der Waals surface area contributed by atoms with Gasteiger partial charge in [-0.3, -0.25) is 19.4 Å². The van der Waals surface area contributed by atoms with Gasteiger partial charge in [0.2, 0.25) is 0 Å². The van der Waals surface area contributed by atoms with E-state index in [0.717, 1.165) is 16.0 Å².